The third-order valence-corrected chi connectivity index (χ3v) is 3.90. The molecule has 0 unspecified atom stereocenters. The average Bonchev–Trinajstić information content (AvgIpc) is 3.08. The number of rotatable bonds is 6. The molecule has 0 N–H and O–H groups in total. The molecule has 6 heteroatoms. The first-order valence-electron chi connectivity index (χ1n) is 8.24. The smallest absolute Gasteiger partial charge is 0.356 e. The molecule has 0 amide bonds. The Balaban J connectivity index is 1.96. The summed E-state index contributed by atoms with van der Waals surface area (Å²) in [4.78, 5) is 12.3. The Bertz CT molecular complexity index is 886. The lowest BCUT2D eigenvalue weighted by molar-refractivity contribution is 0.0512. The van der Waals surface area contributed by atoms with Crippen LogP contribution in [0.15, 0.2) is 54.6 Å². The number of benzene rings is 2. The zero-order valence-corrected chi connectivity index (χ0v) is 14.6. The van der Waals surface area contributed by atoms with Gasteiger partial charge >= 0.3 is 5.97 Å². The molecule has 0 aliphatic carbocycles. The fourth-order valence-electron chi connectivity index (χ4n) is 2.57. The Labute approximate surface area is 151 Å². The molecule has 3 aromatic rings. The van der Waals surface area contributed by atoms with E-state index in [0.29, 0.717) is 17.9 Å². The Kier molecular flexibility index (Phi) is 5.31. The molecule has 0 saturated heterocycles. The van der Waals surface area contributed by atoms with Gasteiger partial charge in [-0.05, 0) is 55.0 Å². The number of ether oxygens (including phenoxy) is 2. The van der Waals surface area contributed by atoms with E-state index in [2.05, 4.69) is 5.10 Å². The highest BCUT2D eigenvalue weighted by Gasteiger charge is 2.17. The molecule has 0 aliphatic heterocycles. The molecule has 0 fully saturated rings. The van der Waals surface area contributed by atoms with Crippen molar-refractivity contribution in [2.75, 3.05) is 13.7 Å². The average molecular weight is 354 g/mol. The van der Waals surface area contributed by atoms with Crippen LogP contribution in [0.1, 0.15) is 23.0 Å². The van der Waals surface area contributed by atoms with Crippen LogP contribution in [-0.4, -0.2) is 29.5 Å². The number of nitrogens with zero attached hydrogens (tertiary/aromatic N) is 2. The maximum Gasteiger partial charge on any atom is 0.356 e. The highest BCUT2D eigenvalue weighted by Crippen LogP contribution is 2.23. The number of aromatic nitrogens is 2. The minimum Gasteiger partial charge on any atom is -0.497 e. The standard InChI is InChI=1S/C20H19FN2O3/c1-3-26-20(24)19-12-18(15-6-10-17(25-2)11-7-15)22-23(19)13-14-4-8-16(21)9-5-14/h4-12H,3,13H2,1-2H3. The molecule has 0 aliphatic rings. The van der Waals surface area contributed by atoms with Crippen molar-refractivity contribution in [3.05, 3.63) is 71.7 Å². The van der Waals surface area contributed by atoms with Crippen molar-refractivity contribution < 1.29 is 18.7 Å². The van der Waals surface area contributed by atoms with Crippen LogP contribution in [0.3, 0.4) is 0 Å². The minimum atomic E-state index is -0.443. The summed E-state index contributed by atoms with van der Waals surface area (Å²) in [5, 5.41) is 4.54. The van der Waals surface area contributed by atoms with Gasteiger partial charge in [0.25, 0.3) is 0 Å². The number of carbonyl (C=O) groups is 1. The van der Waals surface area contributed by atoms with Gasteiger partial charge in [0.1, 0.15) is 17.3 Å². The number of halogens is 1. The molecule has 0 spiro atoms. The summed E-state index contributed by atoms with van der Waals surface area (Å²) < 4.78 is 25.0. The second kappa shape index (κ2) is 7.82. The van der Waals surface area contributed by atoms with Gasteiger partial charge in [0.05, 0.1) is 26.0 Å². The molecule has 5 nitrogen and oxygen atoms in total. The van der Waals surface area contributed by atoms with Gasteiger partial charge in [0.15, 0.2) is 0 Å². The first kappa shape index (κ1) is 17.7. The Morgan fingerprint density at radius 1 is 1.12 bits per heavy atom. The molecular weight excluding hydrogens is 335 g/mol. The number of esters is 1. The molecule has 2 aromatic carbocycles. The normalized spacial score (nSPS) is 10.6. The lowest BCUT2D eigenvalue weighted by Gasteiger charge is -2.07. The van der Waals surface area contributed by atoms with Gasteiger partial charge in [-0.2, -0.15) is 5.10 Å². The van der Waals surface area contributed by atoms with E-state index in [9.17, 15) is 9.18 Å². The first-order valence-corrected chi connectivity index (χ1v) is 8.24. The van der Waals surface area contributed by atoms with Crippen LogP contribution in [-0.2, 0) is 11.3 Å². The third-order valence-electron chi connectivity index (χ3n) is 3.90. The first-order chi connectivity index (χ1) is 12.6. The van der Waals surface area contributed by atoms with Crippen molar-refractivity contribution in [1.29, 1.82) is 0 Å². The highest BCUT2D eigenvalue weighted by molar-refractivity contribution is 5.89. The SMILES string of the molecule is CCOC(=O)c1cc(-c2ccc(OC)cc2)nn1Cc1ccc(F)cc1. The maximum absolute atomic E-state index is 13.1. The topological polar surface area (TPSA) is 53.4 Å². The van der Waals surface area contributed by atoms with E-state index in [1.807, 2.05) is 24.3 Å². The van der Waals surface area contributed by atoms with E-state index in [4.69, 9.17) is 9.47 Å². The van der Waals surface area contributed by atoms with Crippen molar-refractivity contribution in [1.82, 2.24) is 9.78 Å². The summed E-state index contributed by atoms with van der Waals surface area (Å²) >= 11 is 0. The van der Waals surface area contributed by atoms with Crippen LogP contribution in [0.2, 0.25) is 0 Å². The maximum atomic E-state index is 13.1. The van der Waals surface area contributed by atoms with Crippen molar-refractivity contribution in [3.8, 4) is 17.0 Å². The fraction of sp³-hybridized carbons (Fsp3) is 0.200. The predicted octanol–water partition coefficient (Wildman–Crippen LogP) is 3.92. The molecule has 134 valence electrons. The molecule has 1 aromatic heterocycles. The predicted molar refractivity (Wildman–Crippen MR) is 95.7 cm³/mol. The molecule has 3 rings (SSSR count). The van der Waals surface area contributed by atoms with Crippen LogP contribution >= 0.6 is 0 Å². The van der Waals surface area contributed by atoms with E-state index in [-0.39, 0.29) is 12.4 Å². The number of hydrogen-bond donors (Lipinski definition) is 0. The minimum absolute atomic E-state index is 0.276. The molecule has 0 bridgehead atoms. The van der Waals surface area contributed by atoms with Crippen molar-refractivity contribution in [2.45, 2.75) is 13.5 Å². The summed E-state index contributed by atoms with van der Waals surface area (Å²) in [6, 6.07) is 15.2. The quantitative estimate of drug-likeness (QED) is 0.630. The van der Waals surface area contributed by atoms with E-state index in [1.165, 1.54) is 12.1 Å². The van der Waals surface area contributed by atoms with E-state index in [1.54, 1.807) is 36.9 Å². The lowest BCUT2D eigenvalue weighted by atomic mass is 10.1. The van der Waals surface area contributed by atoms with Crippen molar-refractivity contribution in [2.24, 2.45) is 0 Å². The number of carbonyl (C=O) groups excluding carboxylic acids is 1. The van der Waals surface area contributed by atoms with Crippen molar-refractivity contribution >= 4 is 5.97 Å². The molecule has 1 heterocycles. The van der Waals surface area contributed by atoms with Gasteiger partial charge in [0.2, 0.25) is 0 Å². The van der Waals surface area contributed by atoms with Gasteiger partial charge in [-0.25, -0.2) is 9.18 Å². The molecule has 0 atom stereocenters. The van der Waals surface area contributed by atoms with Gasteiger partial charge in [-0.3, -0.25) is 4.68 Å². The summed E-state index contributed by atoms with van der Waals surface area (Å²) in [7, 11) is 1.60. The highest BCUT2D eigenvalue weighted by atomic mass is 19.1. The van der Waals surface area contributed by atoms with Crippen LogP contribution in [0.5, 0.6) is 5.75 Å². The largest absolute Gasteiger partial charge is 0.497 e. The lowest BCUT2D eigenvalue weighted by Crippen LogP contribution is -2.14. The third kappa shape index (κ3) is 3.91. The van der Waals surface area contributed by atoms with Crippen LogP contribution < -0.4 is 4.74 Å². The summed E-state index contributed by atoms with van der Waals surface area (Å²) in [5.74, 6) is -0.00858. The van der Waals surface area contributed by atoms with E-state index < -0.39 is 5.97 Å². The molecular formula is C20H19FN2O3. The zero-order chi connectivity index (χ0) is 18.5. The Morgan fingerprint density at radius 3 is 2.42 bits per heavy atom. The number of methoxy groups -OCH3 is 1. The molecule has 0 saturated carbocycles. The van der Waals surface area contributed by atoms with Gasteiger partial charge in [-0.1, -0.05) is 12.1 Å². The summed E-state index contributed by atoms with van der Waals surface area (Å²) in [5.41, 5.74) is 2.69. The molecule has 26 heavy (non-hydrogen) atoms. The van der Waals surface area contributed by atoms with E-state index >= 15 is 0 Å². The second-order valence-corrected chi connectivity index (χ2v) is 5.65. The zero-order valence-electron chi connectivity index (χ0n) is 14.6. The molecule has 0 radical (unpaired) electrons. The van der Waals surface area contributed by atoms with Crippen LogP contribution in [0.4, 0.5) is 4.39 Å². The summed E-state index contributed by atoms with van der Waals surface area (Å²) in [6.45, 7) is 2.37. The monoisotopic (exact) mass is 354 g/mol. The Hall–Kier alpha value is -3.15. The van der Waals surface area contributed by atoms with E-state index in [0.717, 1.165) is 16.9 Å². The van der Waals surface area contributed by atoms with Crippen molar-refractivity contribution in [3.63, 3.8) is 0 Å². The summed E-state index contributed by atoms with van der Waals surface area (Å²) in [6.07, 6.45) is 0. The Morgan fingerprint density at radius 2 is 1.81 bits per heavy atom. The van der Waals surface area contributed by atoms with Gasteiger partial charge in [-0.15, -0.1) is 0 Å². The van der Waals surface area contributed by atoms with Gasteiger partial charge in [0, 0.05) is 5.56 Å². The number of hydrogen-bond acceptors (Lipinski definition) is 4. The van der Waals surface area contributed by atoms with Crippen LogP contribution in [0, 0.1) is 5.82 Å². The van der Waals surface area contributed by atoms with Crippen LogP contribution in [0.25, 0.3) is 11.3 Å². The van der Waals surface area contributed by atoms with Gasteiger partial charge < -0.3 is 9.47 Å². The second-order valence-electron chi connectivity index (χ2n) is 5.65. The fourth-order valence-corrected chi connectivity index (χ4v) is 2.57.